The van der Waals surface area contributed by atoms with E-state index in [0.717, 1.165) is 29.8 Å². The average molecular weight is 318 g/mol. The largest absolute Gasteiger partial charge is 0.341 e. The molecule has 1 amide bonds. The first-order valence-corrected chi connectivity index (χ1v) is 8.18. The van der Waals surface area contributed by atoms with E-state index in [1.807, 2.05) is 6.92 Å². The molecule has 22 heavy (non-hydrogen) atoms. The monoisotopic (exact) mass is 318 g/mol. The van der Waals surface area contributed by atoms with Gasteiger partial charge in [-0.2, -0.15) is 0 Å². The van der Waals surface area contributed by atoms with Crippen molar-refractivity contribution in [2.45, 2.75) is 32.1 Å². The number of rotatable bonds is 5. The van der Waals surface area contributed by atoms with Gasteiger partial charge in [-0.15, -0.1) is 11.3 Å². The van der Waals surface area contributed by atoms with Crippen molar-refractivity contribution in [1.29, 1.82) is 0 Å². The van der Waals surface area contributed by atoms with Crippen LogP contribution in [-0.2, 0) is 6.42 Å². The fraction of sp³-hybridized carbons (Fsp3) is 0.467. The lowest BCUT2D eigenvalue weighted by Gasteiger charge is -2.16. The van der Waals surface area contributed by atoms with Crippen molar-refractivity contribution < 1.29 is 4.79 Å². The van der Waals surface area contributed by atoms with E-state index in [1.165, 1.54) is 6.20 Å². The van der Waals surface area contributed by atoms with Crippen LogP contribution < -0.4 is 5.56 Å². The number of aryl methyl sites for hydroxylation is 1. The highest BCUT2D eigenvalue weighted by molar-refractivity contribution is 7.09. The van der Waals surface area contributed by atoms with Crippen LogP contribution in [0.5, 0.6) is 0 Å². The Morgan fingerprint density at radius 2 is 2.23 bits per heavy atom. The van der Waals surface area contributed by atoms with E-state index < -0.39 is 0 Å². The number of aromatic nitrogens is 3. The minimum atomic E-state index is -0.345. The molecule has 0 saturated heterocycles. The van der Waals surface area contributed by atoms with Crippen LogP contribution in [0.25, 0.3) is 0 Å². The first-order chi connectivity index (χ1) is 10.6. The number of hydrogen-bond acceptors (Lipinski definition) is 5. The molecule has 0 bridgehead atoms. The van der Waals surface area contributed by atoms with Crippen molar-refractivity contribution in [2.75, 3.05) is 13.6 Å². The molecule has 0 unspecified atom stereocenters. The lowest BCUT2D eigenvalue weighted by atomic mass is 10.2. The van der Waals surface area contributed by atoms with Gasteiger partial charge < -0.3 is 9.88 Å². The third kappa shape index (κ3) is 3.09. The van der Waals surface area contributed by atoms with Gasteiger partial charge in [-0.05, 0) is 19.8 Å². The first-order valence-electron chi connectivity index (χ1n) is 7.30. The number of H-pyrrole nitrogens is 1. The van der Waals surface area contributed by atoms with Gasteiger partial charge in [0.05, 0.1) is 11.2 Å². The Balaban J connectivity index is 1.67. The summed E-state index contributed by atoms with van der Waals surface area (Å²) < 4.78 is 0. The number of nitrogens with zero attached hydrogens (tertiary/aromatic N) is 3. The topological polar surface area (TPSA) is 79.0 Å². The van der Waals surface area contributed by atoms with Gasteiger partial charge in [0, 0.05) is 37.0 Å². The third-order valence-electron chi connectivity index (χ3n) is 3.88. The summed E-state index contributed by atoms with van der Waals surface area (Å²) in [5.74, 6) is 0.770. The Labute approximate surface area is 132 Å². The highest BCUT2D eigenvalue weighted by Crippen LogP contribution is 2.37. The van der Waals surface area contributed by atoms with E-state index in [0.29, 0.717) is 18.3 Å². The molecule has 116 valence electrons. The van der Waals surface area contributed by atoms with Crippen molar-refractivity contribution >= 4 is 17.2 Å². The summed E-state index contributed by atoms with van der Waals surface area (Å²) in [7, 11) is 1.70. The van der Waals surface area contributed by atoms with Crippen LogP contribution in [-0.4, -0.2) is 39.4 Å². The molecule has 2 aromatic rings. The SMILES string of the molecule is Cc1ncsc1CCN(C)C(=O)c1cnc(C2CC2)[nH]c1=O. The molecule has 0 spiro atoms. The minimum Gasteiger partial charge on any atom is -0.341 e. The molecule has 0 aromatic carbocycles. The fourth-order valence-electron chi connectivity index (χ4n) is 2.27. The first kappa shape index (κ1) is 14.9. The zero-order chi connectivity index (χ0) is 15.7. The van der Waals surface area contributed by atoms with Gasteiger partial charge in [-0.1, -0.05) is 0 Å². The maximum Gasteiger partial charge on any atom is 0.263 e. The molecule has 0 radical (unpaired) electrons. The molecule has 6 nitrogen and oxygen atoms in total. The molecule has 0 atom stereocenters. The van der Waals surface area contributed by atoms with Crippen LogP contribution in [0.2, 0.25) is 0 Å². The molecule has 1 aliphatic carbocycles. The van der Waals surface area contributed by atoms with Crippen molar-refractivity contribution in [3.05, 3.63) is 44.0 Å². The maximum absolute atomic E-state index is 12.4. The third-order valence-corrected chi connectivity index (χ3v) is 4.87. The molecular formula is C15H18N4O2S. The van der Waals surface area contributed by atoms with Crippen LogP contribution in [0.1, 0.15) is 45.5 Å². The molecular weight excluding hydrogens is 300 g/mol. The Hall–Kier alpha value is -2.02. The Bertz CT molecular complexity index is 748. The predicted octanol–water partition coefficient (Wildman–Crippen LogP) is 1.73. The van der Waals surface area contributed by atoms with Gasteiger partial charge in [-0.25, -0.2) is 9.97 Å². The molecule has 1 aliphatic rings. The lowest BCUT2D eigenvalue weighted by molar-refractivity contribution is 0.0794. The predicted molar refractivity (Wildman–Crippen MR) is 84.3 cm³/mol. The second-order valence-corrected chi connectivity index (χ2v) is 6.56. The lowest BCUT2D eigenvalue weighted by Crippen LogP contribution is -2.33. The normalized spacial score (nSPS) is 14.1. The van der Waals surface area contributed by atoms with E-state index >= 15 is 0 Å². The van der Waals surface area contributed by atoms with Gasteiger partial charge in [0.1, 0.15) is 11.4 Å². The number of carbonyl (C=O) groups is 1. The standard InChI is InChI=1S/C15H18N4O2S/c1-9-12(22-8-17-9)5-6-19(2)15(21)11-7-16-13(10-3-4-10)18-14(11)20/h7-8,10H,3-6H2,1-2H3,(H,16,18,20). The summed E-state index contributed by atoms with van der Waals surface area (Å²) in [5, 5.41) is 0. The number of carbonyl (C=O) groups excluding carboxylic acids is 1. The Kier molecular flexibility index (Phi) is 4.06. The summed E-state index contributed by atoms with van der Waals surface area (Å²) >= 11 is 1.58. The highest BCUT2D eigenvalue weighted by atomic mass is 32.1. The van der Waals surface area contributed by atoms with Crippen molar-refractivity contribution in [1.82, 2.24) is 19.9 Å². The number of amides is 1. The molecule has 2 heterocycles. The fourth-order valence-corrected chi connectivity index (χ4v) is 3.04. The number of likely N-dealkylation sites (N-methyl/N-ethyl adjacent to an activating group) is 1. The van der Waals surface area contributed by atoms with Gasteiger partial charge in [0.2, 0.25) is 0 Å². The molecule has 1 N–H and O–H groups in total. The summed E-state index contributed by atoms with van der Waals surface area (Å²) in [6.45, 7) is 2.50. The average Bonchev–Trinajstić information content (AvgIpc) is 3.27. The molecule has 3 rings (SSSR count). The number of hydrogen-bond donors (Lipinski definition) is 1. The minimum absolute atomic E-state index is 0.105. The van der Waals surface area contributed by atoms with E-state index in [4.69, 9.17) is 0 Å². The van der Waals surface area contributed by atoms with E-state index in [1.54, 1.807) is 28.8 Å². The van der Waals surface area contributed by atoms with Gasteiger partial charge >= 0.3 is 0 Å². The zero-order valence-electron chi connectivity index (χ0n) is 12.6. The summed E-state index contributed by atoms with van der Waals surface area (Å²) in [4.78, 5) is 38.3. The molecule has 2 aromatic heterocycles. The Morgan fingerprint density at radius 1 is 1.45 bits per heavy atom. The van der Waals surface area contributed by atoms with E-state index in [-0.39, 0.29) is 17.0 Å². The van der Waals surface area contributed by atoms with Crippen LogP contribution in [0, 0.1) is 6.92 Å². The van der Waals surface area contributed by atoms with Crippen LogP contribution in [0.3, 0.4) is 0 Å². The second kappa shape index (κ2) is 6.00. The maximum atomic E-state index is 12.4. The summed E-state index contributed by atoms with van der Waals surface area (Å²) in [6.07, 6.45) is 4.27. The molecule has 1 fully saturated rings. The highest BCUT2D eigenvalue weighted by Gasteiger charge is 2.27. The molecule has 0 aliphatic heterocycles. The Morgan fingerprint density at radius 3 is 2.82 bits per heavy atom. The quantitative estimate of drug-likeness (QED) is 0.910. The number of thiazole rings is 1. The van der Waals surface area contributed by atoms with Crippen LogP contribution in [0.15, 0.2) is 16.5 Å². The smallest absolute Gasteiger partial charge is 0.263 e. The summed E-state index contributed by atoms with van der Waals surface area (Å²) in [5.41, 5.74) is 2.56. The van der Waals surface area contributed by atoms with Gasteiger partial charge in [0.25, 0.3) is 11.5 Å². The van der Waals surface area contributed by atoms with Crippen LogP contribution in [0.4, 0.5) is 0 Å². The number of aromatic amines is 1. The molecule has 1 saturated carbocycles. The van der Waals surface area contributed by atoms with Crippen molar-refractivity contribution in [3.8, 4) is 0 Å². The second-order valence-electron chi connectivity index (χ2n) is 5.62. The summed E-state index contributed by atoms with van der Waals surface area (Å²) in [6, 6.07) is 0. The van der Waals surface area contributed by atoms with Crippen molar-refractivity contribution in [2.24, 2.45) is 0 Å². The van der Waals surface area contributed by atoms with E-state index in [9.17, 15) is 9.59 Å². The zero-order valence-corrected chi connectivity index (χ0v) is 13.4. The molecule has 7 heteroatoms. The number of nitrogens with one attached hydrogen (secondary N) is 1. The van der Waals surface area contributed by atoms with Gasteiger partial charge in [0.15, 0.2) is 0 Å². The van der Waals surface area contributed by atoms with Crippen LogP contribution >= 0.6 is 11.3 Å². The van der Waals surface area contributed by atoms with Crippen molar-refractivity contribution in [3.63, 3.8) is 0 Å². The van der Waals surface area contributed by atoms with Gasteiger partial charge in [-0.3, -0.25) is 9.59 Å². The van der Waals surface area contributed by atoms with E-state index in [2.05, 4.69) is 15.0 Å².